The van der Waals surface area contributed by atoms with Crippen LogP contribution in [0, 0.1) is 17.7 Å². The molecule has 0 bridgehead atoms. The minimum atomic E-state index is -0.634. The molecule has 1 aromatic rings. The summed E-state index contributed by atoms with van der Waals surface area (Å²) in [6.07, 6.45) is 7.61. The Labute approximate surface area is 126 Å². The molecule has 1 aliphatic rings. The summed E-state index contributed by atoms with van der Waals surface area (Å²) < 4.78 is 13.3. The highest BCUT2D eigenvalue weighted by molar-refractivity contribution is 6.31. The average molecular weight is 299 g/mol. The molecule has 0 aromatic heterocycles. The predicted octanol–water partition coefficient (Wildman–Crippen LogP) is 5.51. The average Bonchev–Trinajstić information content (AvgIpc) is 2.47. The molecule has 0 heterocycles. The van der Waals surface area contributed by atoms with Crippen molar-refractivity contribution >= 4 is 11.6 Å². The molecule has 0 aliphatic heterocycles. The van der Waals surface area contributed by atoms with E-state index in [2.05, 4.69) is 6.92 Å². The van der Waals surface area contributed by atoms with E-state index in [9.17, 15) is 9.50 Å². The maximum atomic E-state index is 13.3. The van der Waals surface area contributed by atoms with Gasteiger partial charge in [0.2, 0.25) is 0 Å². The van der Waals surface area contributed by atoms with Gasteiger partial charge in [0.25, 0.3) is 0 Å². The van der Waals surface area contributed by atoms with Crippen LogP contribution in [0.15, 0.2) is 18.2 Å². The zero-order valence-corrected chi connectivity index (χ0v) is 12.9. The van der Waals surface area contributed by atoms with Gasteiger partial charge in [-0.15, -0.1) is 0 Å². The lowest BCUT2D eigenvalue weighted by atomic mass is 9.76. The number of hydrogen-bond donors (Lipinski definition) is 1. The third-order valence-corrected chi connectivity index (χ3v) is 4.92. The van der Waals surface area contributed by atoms with E-state index in [1.54, 1.807) is 0 Å². The van der Waals surface area contributed by atoms with Crippen molar-refractivity contribution in [2.24, 2.45) is 11.8 Å². The van der Waals surface area contributed by atoms with Gasteiger partial charge in [0.1, 0.15) is 5.82 Å². The molecule has 2 rings (SSSR count). The molecular weight excluding hydrogens is 275 g/mol. The fourth-order valence-corrected chi connectivity index (χ4v) is 3.51. The second kappa shape index (κ2) is 7.42. The maximum absolute atomic E-state index is 13.3. The highest BCUT2D eigenvalue weighted by atomic mass is 35.5. The topological polar surface area (TPSA) is 20.2 Å². The third-order valence-electron chi connectivity index (χ3n) is 4.58. The van der Waals surface area contributed by atoms with Crippen molar-refractivity contribution in [2.45, 2.75) is 58.0 Å². The van der Waals surface area contributed by atoms with Crippen molar-refractivity contribution in [1.29, 1.82) is 0 Å². The molecule has 112 valence electrons. The monoisotopic (exact) mass is 298 g/mol. The first-order valence-corrected chi connectivity index (χ1v) is 8.12. The lowest BCUT2D eigenvalue weighted by Crippen LogP contribution is -2.21. The Balaban J connectivity index is 1.94. The van der Waals surface area contributed by atoms with Crippen molar-refractivity contribution in [1.82, 2.24) is 0 Å². The van der Waals surface area contributed by atoms with Gasteiger partial charge in [0.05, 0.1) is 6.10 Å². The van der Waals surface area contributed by atoms with Crippen LogP contribution >= 0.6 is 11.6 Å². The summed E-state index contributed by atoms with van der Waals surface area (Å²) in [6.45, 7) is 2.22. The summed E-state index contributed by atoms with van der Waals surface area (Å²) >= 11 is 6.08. The quantitative estimate of drug-likeness (QED) is 0.760. The SMILES string of the molecule is CCCCC1CCC(C(O)c2cc(F)ccc2Cl)CC1. The van der Waals surface area contributed by atoms with Crippen LogP contribution < -0.4 is 0 Å². The van der Waals surface area contributed by atoms with Crippen molar-refractivity contribution in [2.75, 3.05) is 0 Å². The summed E-state index contributed by atoms with van der Waals surface area (Å²) in [4.78, 5) is 0. The van der Waals surface area contributed by atoms with E-state index >= 15 is 0 Å². The second-order valence-electron chi connectivity index (χ2n) is 6.03. The molecular formula is C17H24ClFO. The summed E-state index contributed by atoms with van der Waals surface area (Å²) in [6, 6.07) is 4.23. The number of hydrogen-bond acceptors (Lipinski definition) is 1. The zero-order valence-electron chi connectivity index (χ0n) is 12.1. The Kier molecular flexibility index (Phi) is 5.86. The van der Waals surface area contributed by atoms with Crippen LogP contribution in [0.2, 0.25) is 5.02 Å². The maximum Gasteiger partial charge on any atom is 0.123 e. The van der Waals surface area contributed by atoms with E-state index in [0.717, 1.165) is 18.8 Å². The van der Waals surface area contributed by atoms with Crippen LogP contribution in [-0.2, 0) is 0 Å². The minimum Gasteiger partial charge on any atom is -0.388 e. The largest absolute Gasteiger partial charge is 0.388 e. The molecule has 1 N–H and O–H groups in total. The summed E-state index contributed by atoms with van der Waals surface area (Å²) in [7, 11) is 0. The lowest BCUT2D eigenvalue weighted by molar-refractivity contribution is 0.0718. The number of rotatable bonds is 5. The van der Waals surface area contributed by atoms with Crippen LogP contribution in [0.5, 0.6) is 0 Å². The molecule has 1 nitrogen and oxygen atoms in total. The number of aliphatic hydroxyl groups excluding tert-OH is 1. The second-order valence-corrected chi connectivity index (χ2v) is 6.44. The van der Waals surface area contributed by atoms with Crippen LogP contribution in [0.25, 0.3) is 0 Å². The number of benzene rings is 1. The molecule has 1 atom stereocenters. The van der Waals surface area contributed by atoms with Crippen molar-refractivity contribution in [3.63, 3.8) is 0 Å². The van der Waals surface area contributed by atoms with Crippen molar-refractivity contribution in [3.8, 4) is 0 Å². The van der Waals surface area contributed by atoms with E-state index < -0.39 is 6.10 Å². The molecule has 0 saturated heterocycles. The van der Waals surface area contributed by atoms with E-state index in [0.29, 0.717) is 10.6 Å². The zero-order chi connectivity index (χ0) is 14.5. The molecule has 1 fully saturated rings. The number of unbranched alkanes of at least 4 members (excludes halogenated alkanes) is 1. The summed E-state index contributed by atoms with van der Waals surface area (Å²) in [5.41, 5.74) is 0.545. The van der Waals surface area contributed by atoms with Gasteiger partial charge in [-0.05, 0) is 42.9 Å². The lowest BCUT2D eigenvalue weighted by Gasteiger charge is -2.32. The standard InChI is InChI=1S/C17H24ClFO/c1-2-3-4-12-5-7-13(8-6-12)17(20)15-11-14(19)9-10-16(15)18/h9-13,17,20H,2-8H2,1H3. The fourth-order valence-electron chi connectivity index (χ4n) is 3.28. The molecule has 0 radical (unpaired) electrons. The summed E-state index contributed by atoms with van der Waals surface area (Å²) in [5, 5.41) is 10.9. The molecule has 0 spiro atoms. The Morgan fingerprint density at radius 1 is 1.30 bits per heavy atom. The molecule has 3 heteroatoms. The smallest absolute Gasteiger partial charge is 0.123 e. The van der Waals surface area contributed by atoms with E-state index in [1.807, 2.05) is 0 Å². The van der Waals surface area contributed by atoms with Gasteiger partial charge in [0.15, 0.2) is 0 Å². The van der Waals surface area contributed by atoms with Crippen LogP contribution in [0.3, 0.4) is 0 Å². The first-order valence-electron chi connectivity index (χ1n) is 7.74. The Morgan fingerprint density at radius 3 is 2.65 bits per heavy atom. The highest BCUT2D eigenvalue weighted by Crippen LogP contribution is 2.40. The van der Waals surface area contributed by atoms with Gasteiger partial charge in [-0.1, -0.05) is 50.6 Å². The van der Waals surface area contributed by atoms with Crippen LogP contribution in [-0.4, -0.2) is 5.11 Å². The molecule has 1 aliphatic carbocycles. The van der Waals surface area contributed by atoms with Gasteiger partial charge in [0, 0.05) is 10.6 Å². The normalized spacial score (nSPS) is 24.6. The van der Waals surface area contributed by atoms with E-state index in [1.165, 1.54) is 50.3 Å². The van der Waals surface area contributed by atoms with Gasteiger partial charge in [-0.25, -0.2) is 4.39 Å². The molecule has 1 saturated carbocycles. The Hall–Kier alpha value is -0.600. The summed E-state index contributed by atoms with van der Waals surface area (Å²) in [5.74, 6) is 0.689. The van der Waals surface area contributed by atoms with E-state index in [-0.39, 0.29) is 11.7 Å². The fraction of sp³-hybridized carbons (Fsp3) is 0.647. The first-order chi connectivity index (χ1) is 9.61. The number of aliphatic hydroxyl groups is 1. The van der Waals surface area contributed by atoms with Gasteiger partial charge in [-0.2, -0.15) is 0 Å². The molecule has 0 amide bonds. The Morgan fingerprint density at radius 2 is 2.00 bits per heavy atom. The van der Waals surface area contributed by atoms with Gasteiger partial charge in [-0.3, -0.25) is 0 Å². The molecule has 1 aromatic carbocycles. The van der Waals surface area contributed by atoms with Crippen LogP contribution in [0.1, 0.15) is 63.5 Å². The van der Waals surface area contributed by atoms with E-state index in [4.69, 9.17) is 11.6 Å². The third kappa shape index (κ3) is 3.95. The Bertz CT molecular complexity index is 427. The van der Waals surface area contributed by atoms with Crippen molar-refractivity contribution in [3.05, 3.63) is 34.6 Å². The first kappa shape index (κ1) is 15.8. The van der Waals surface area contributed by atoms with Crippen molar-refractivity contribution < 1.29 is 9.50 Å². The minimum absolute atomic E-state index is 0.215. The predicted molar refractivity (Wildman–Crippen MR) is 81.3 cm³/mol. The molecule has 1 unspecified atom stereocenters. The highest BCUT2D eigenvalue weighted by Gasteiger charge is 2.28. The van der Waals surface area contributed by atoms with Gasteiger partial charge >= 0.3 is 0 Å². The van der Waals surface area contributed by atoms with Gasteiger partial charge < -0.3 is 5.11 Å². The van der Waals surface area contributed by atoms with Crippen LogP contribution in [0.4, 0.5) is 4.39 Å². The number of halogens is 2. The molecule has 20 heavy (non-hydrogen) atoms.